The molecule has 1 aromatic heterocycles. The molecule has 1 N–H and O–H groups in total. The van der Waals surface area contributed by atoms with Crippen molar-refractivity contribution in [3.05, 3.63) is 47.5 Å². The zero-order valence-electron chi connectivity index (χ0n) is 14.7. The zero-order valence-corrected chi connectivity index (χ0v) is 15.5. The van der Waals surface area contributed by atoms with Gasteiger partial charge in [-0.15, -0.1) is 5.10 Å². The first-order valence-electron chi connectivity index (χ1n) is 8.51. The van der Waals surface area contributed by atoms with Gasteiger partial charge in [-0.2, -0.15) is 0 Å². The predicted octanol–water partition coefficient (Wildman–Crippen LogP) is 1.39. The molecule has 27 heavy (non-hydrogen) atoms. The van der Waals surface area contributed by atoms with E-state index >= 15 is 0 Å². The fraction of sp³-hybridized carbons (Fsp3) is 0.278. The van der Waals surface area contributed by atoms with Gasteiger partial charge in [-0.1, -0.05) is 10.9 Å². The number of nitrogens with one attached hydrogen (secondary N) is 1. The maximum absolute atomic E-state index is 12.2. The van der Waals surface area contributed by atoms with Crippen molar-refractivity contribution >= 4 is 32.5 Å². The van der Waals surface area contributed by atoms with Gasteiger partial charge >= 0.3 is 0 Å². The third-order valence-corrected chi connectivity index (χ3v) is 5.63. The minimum Gasteiger partial charge on any atom is -0.385 e. The number of aryl methyl sites for hydroxylation is 2. The van der Waals surface area contributed by atoms with Crippen molar-refractivity contribution in [3.8, 4) is 0 Å². The van der Waals surface area contributed by atoms with Crippen molar-refractivity contribution in [1.82, 2.24) is 15.2 Å². The molecule has 0 bridgehead atoms. The minimum absolute atomic E-state index is 0.129. The van der Waals surface area contributed by atoms with Crippen LogP contribution in [0.3, 0.4) is 0 Å². The highest BCUT2D eigenvalue weighted by atomic mass is 32.2. The van der Waals surface area contributed by atoms with E-state index in [1.807, 2.05) is 18.2 Å². The summed E-state index contributed by atoms with van der Waals surface area (Å²) < 4.78 is 23.4. The normalized spacial score (nSPS) is 13.5. The van der Waals surface area contributed by atoms with Crippen molar-refractivity contribution < 1.29 is 18.0 Å². The topological polar surface area (TPSA) is 103 Å². The van der Waals surface area contributed by atoms with Crippen LogP contribution in [0.2, 0.25) is 0 Å². The number of amides is 1. The number of rotatable bonds is 5. The van der Waals surface area contributed by atoms with E-state index in [1.165, 1.54) is 23.3 Å². The molecule has 0 radical (unpaired) electrons. The van der Waals surface area contributed by atoms with Gasteiger partial charge in [-0.05, 0) is 65.9 Å². The van der Waals surface area contributed by atoms with E-state index < -0.39 is 9.84 Å². The minimum atomic E-state index is -3.37. The summed E-state index contributed by atoms with van der Waals surface area (Å²) in [5.41, 5.74) is 4.18. The fourth-order valence-corrected chi connectivity index (χ4v) is 3.81. The average molecular weight is 386 g/mol. The summed E-state index contributed by atoms with van der Waals surface area (Å²) in [5, 5.41) is 10.5. The first-order valence-corrected chi connectivity index (χ1v) is 10.4. The van der Waals surface area contributed by atoms with E-state index in [0.717, 1.165) is 36.1 Å². The molecule has 0 fully saturated rings. The highest BCUT2D eigenvalue weighted by Crippen LogP contribution is 2.24. The summed E-state index contributed by atoms with van der Waals surface area (Å²) in [6.07, 6.45) is 4.38. The second-order valence-electron chi connectivity index (χ2n) is 6.54. The molecule has 2 aromatic carbocycles. The Balaban J connectivity index is 1.46. The lowest BCUT2D eigenvalue weighted by atomic mass is 10.1. The van der Waals surface area contributed by atoms with Gasteiger partial charge in [0.15, 0.2) is 16.4 Å². The summed E-state index contributed by atoms with van der Waals surface area (Å²) in [4.78, 5) is 18.8. The summed E-state index contributed by atoms with van der Waals surface area (Å²) in [6.45, 7) is -0.279. The van der Waals surface area contributed by atoms with Crippen LogP contribution in [0.5, 0.6) is 0 Å². The number of benzene rings is 2. The van der Waals surface area contributed by atoms with E-state index in [4.69, 9.17) is 4.84 Å². The average Bonchev–Trinajstić information content (AvgIpc) is 3.25. The molecule has 9 heteroatoms. The van der Waals surface area contributed by atoms with Gasteiger partial charge in [-0.3, -0.25) is 4.79 Å². The van der Waals surface area contributed by atoms with Gasteiger partial charge < -0.3 is 10.2 Å². The lowest BCUT2D eigenvalue weighted by molar-refractivity contribution is -0.121. The van der Waals surface area contributed by atoms with Gasteiger partial charge in [0.05, 0.1) is 4.90 Å². The van der Waals surface area contributed by atoms with Gasteiger partial charge in [-0.25, -0.2) is 8.42 Å². The van der Waals surface area contributed by atoms with E-state index in [0.29, 0.717) is 11.0 Å². The molecule has 1 heterocycles. The Labute approximate surface area is 156 Å². The molecule has 140 valence electrons. The third kappa shape index (κ3) is 3.63. The molecule has 1 aliphatic carbocycles. The molecule has 0 atom stereocenters. The monoisotopic (exact) mass is 386 g/mol. The Morgan fingerprint density at radius 1 is 1.19 bits per heavy atom. The first-order chi connectivity index (χ1) is 12.9. The molecule has 0 spiro atoms. The van der Waals surface area contributed by atoms with Crippen LogP contribution in [0, 0.1) is 0 Å². The summed E-state index contributed by atoms with van der Waals surface area (Å²) in [5.74, 6) is -0.337. The second-order valence-corrected chi connectivity index (χ2v) is 8.56. The van der Waals surface area contributed by atoms with Gasteiger partial charge in [0, 0.05) is 11.9 Å². The fourth-order valence-electron chi connectivity index (χ4n) is 3.17. The van der Waals surface area contributed by atoms with E-state index in [1.54, 1.807) is 6.07 Å². The van der Waals surface area contributed by atoms with Crippen LogP contribution in [0.25, 0.3) is 11.0 Å². The number of carbonyl (C=O) groups is 1. The smallest absolute Gasteiger partial charge is 0.265 e. The van der Waals surface area contributed by atoms with Gasteiger partial charge in [0.25, 0.3) is 5.91 Å². The maximum atomic E-state index is 12.2. The quantitative estimate of drug-likeness (QED) is 0.711. The standard InChI is InChI=1S/C18H18N4O4S/c1-27(24,25)15-7-8-16-17(10-15)22(21-20-16)26-11-18(23)19-14-6-5-12-3-2-4-13(12)9-14/h5-10H,2-4,11H2,1H3,(H,19,23). The van der Waals surface area contributed by atoms with Crippen LogP contribution in [0.1, 0.15) is 17.5 Å². The van der Waals surface area contributed by atoms with Crippen molar-refractivity contribution in [2.24, 2.45) is 0 Å². The van der Waals surface area contributed by atoms with Crippen LogP contribution >= 0.6 is 0 Å². The Hall–Kier alpha value is -2.94. The molecule has 3 aromatic rings. The lowest BCUT2D eigenvalue weighted by Crippen LogP contribution is -2.26. The third-order valence-electron chi connectivity index (χ3n) is 4.51. The predicted molar refractivity (Wildman–Crippen MR) is 99.2 cm³/mol. The number of fused-ring (bicyclic) bond motifs is 2. The number of aromatic nitrogens is 3. The number of sulfone groups is 1. The molecule has 0 saturated heterocycles. The van der Waals surface area contributed by atoms with Gasteiger partial charge in [0.1, 0.15) is 11.0 Å². The van der Waals surface area contributed by atoms with Crippen molar-refractivity contribution in [3.63, 3.8) is 0 Å². The maximum Gasteiger partial charge on any atom is 0.265 e. The molecule has 1 amide bonds. The number of hydrogen-bond acceptors (Lipinski definition) is 6. The Morgan fingerprint density at radius 2 is 2.00 bits per heavy atom. The van der Waals surface area contributed by atoms with E-state index in [-0.39, 0.29) is 17.4 Å². The largest absolute Gasteiger partial charge is 0.385 e. The summed E-state index contributed by atoms with van der Waals surface area (Å²) in [6, 6.07) is 10.3. The van der Waals surface area contributed by atoms with Crippen LogP contribution in [0.15, 0.2) is 41.3 Å². The van der Waals surface area contributed by atoms with E-state index in [9.17, 15) is 13.2 Å². The zero-order chi connectivity index (χ0) is 19.0. The number of carbonyl (C=O) groups excluding carboxylic acids is 1. The Kier molecular flexibility index (Phi) is 4.31. The summed E-state index contributed by atoms with van der Waals surface area (Å²) in [7, 11) is -3.37. The molecule has 1 aliphatic rings. The van der Waals surface area contributed by atoms with Crippen LogP contribution in [-0.4, -0.2) is 42.3 Å². The number of nitrogens with zero attached hydrogens (tertiary/aromatic N) is 3. The molecular formula is C18H18N4O4S. The Bertz CT molecular complexity index is 1140. The molecule has 0 aliphatic heterocycles. The van der Waals surface area contributed by atoms with Crippen molar-refractivity contribution in [2.45, 2.75) is 24.2 Å². The van der Waals surface area contributed by atoms with E-state index in [2.05, 4.69) is 15.6 Å². The van der Waals surface area contributed by atoms with Crippen LogP contribution in [0.4, 0.5) is 5.69 Å². The first kappa shape index (κ1) is 17.5. The number of hydrogen-bond donors (Lipinski definition) is 1. The molecule has 4 rings (SSSR count). The summed E-state index contributed by atoms with van der Waals surface area (Å²) >= 11 is 0. The SMILES string of the molecule is CS(=O)(=O)c1ccc2nnn(OCC(=O)Nc3ccc4c(c3)CCC4)c2c1. The molecule has 0 saturated carbocycles. The van der Waals surface area contributed by atoms with Crippen LogP contribution in [-0.2, 0) is 27.5 Å². The van der Waals surface area contributed by atoms with Gasteiger partial charge in [0.2, 0.25) is 0 Å². The van der Waals surface area contributed by atoms with Crippen LogP contribution < -0.4 is 10.2 Å². The molecular weight excluding hydrogens is 368 g/mol. The second kappa shape index (κ2) is 6.66. The Morgan fingerprint density at radius 3 is 2.81 bits per heavy atom. The molecule has 0 unspecified atom stereocenters. The highest BCUT2D eigenvalue weighted by molar-refractivity contribution is 7.90. The lowest BCUT2D eigenvalue weighted by Gasteiger charge is -2.09. The highest BCUT2D eigenvalue weighted by Gasteiger charge is 2.14. The van der Waals surface area contributed by atoms with Crippen molar-refractivity contribution in [2.75, 3.05) is 18.2 Å². The molecule has 8 nitrogen and oxygen atoms in total. The number of anilines is 1. The van der Waals surface area contributed by atoms with Crippen molar-refractivity contribution in [1.29, 1.82) is 0 Å².